The van der Waals surface area contributed by atoms with Crippen molar-refractivity contribution in [1.29, 1.82) is 0 Å². The van der Waals surface area contributed by atoms with Crippen LogP contribution in [-0.2, 0) is 15.6 Å². The van der Waals surface area contributed by atoms with Crippen LogP contribution in [0.25, 0.3) is 0 Å². The molecule has 6 nitrogen and oxygen atoms in total. The molecule has 0 aliphatic heterocycles. The first-order chi connectivity index (χ1) is 9.64. The molecule has 0 saturated carbocycles. The van der Waals surface area contributed by atoms with Crippen LogP contribution in [0.3, 0.4) is 0 Å². The van der Waals surface area contributed by atoms with Crippen molar-refractivity contribution < 1.29 is 17.9 Å². The first-order valence-corrected chi connectivity index (χ1v) is 7.97. The molecule has 0 radical (unpaired) electrons. The van der Waals surface area contributed by atoms with Gasteiger partial charge in [-0.1, -0.05) is 19.9 Å². The van der Waals surface area contributed by atoms with Crippen LogP contribution in [0.4, 0.5) is 0 Å². The van der Waals surface area contributed by atoms with Gasteiger partial charge in [-0.05, 0) is 17.7 Å². The van der Waals surface area contributed by atoms with E-state index in [4.69, 9.17) is 9.47 Å². The van der Waals surface area contributed by atoms with Crippen LogP contribution in [0.2, 0.25) is 0 Å². The van der Waals surface area contributed by atoms with Gasteiger partial charge in [-0.2, -0.15) is 12.7 Å². The molecule has 0 spiro atoms. The summed E-state index contributed by atoms with van der Waals surface area (Å²) < 4.78 is 37.8. The van der Waals surface area contributed by atoms with E-state index >= 15 is 0 Å². The van der Waals surface area contributed by atoms with E-state index in [0.717, 1.165) is 9.87 Å². The summed E-state index contributed by atoms with van der Waals surface area (Å²) >= 11 is 0. The van der Waals surface area contributed by atoms with Crippen molar-refractivity contribution in [3.8, 4) is 11.5 Å². The SMILES string of the molecule is COc1ccc(C(C)(C)CNS(=O)(=O)N(C)C)cc1OC. The molecular formula is C14H24N2O4S. The van der Waals surface area contributed by atoms with Crippen molar-refractivity contribution in [2.24, 2.45) is 0 Å². The van der Waals surface area contributed by atoms with Gasteiger partial charge in [0.05, 0.1) is 14.2 Å². The topological polar surface area (TPSA) is 67.9 Å². The molecule has 0 atom stereocenters. The van der Waals surface area contributed by atoms with E-state index in [0.29, 0.717) is 11.5 Å². The zero-order valence-electron chi connectivity index (χ0n) is 13.4. The average Bonchev–Trinajstić information content (AvgIpc) is 2.44. The maximum atomic E-state index is 11.8. The molecule has 0 heterocycles. The summed E-state index contributed by atoms with van der Waals surface area (Å²) in [5.41, 5.74) is 0.574. The zero-order valence-corrected chi connectivity index (χ0v) is 14.2. The first-order valence-electron chi connectivity index (χ1n) is 6.53. The number of methoxy groups -OCH3 is 2. The maximum Gasteiger partial charge on any atom is 0.278 e. The third-order valence-electron chi connectivity index (χ3n) is 3.34. The number of nitrogens with one attached hydrogen (secondary N) is 1. The summed E-state index contributed by atoms with van der Waals surface area (Å²) in [4.78, 5) is 0. The Bertz CT molecular complexity index is 583. The van der Waals surface area contributed by atoms with Gasteiger partial charge in [-0.15, -0.1) is 0 Å². The number of hydrogen-bond acceptors (Lipinski definition) is 4. The minimum atomic E-state index is -3.44. The fourth-order valence-corrected chi connectivity index (χ4v) is 2.56. The molecule has 1 N–H and O–H groups in total. The van der Waals surface area contributed by atoms with Crippen molar-refractivity contribution in [2.45, 2.75) is 19.3 Å². The lowest BCUT2D eigenvalue weighted by molar-refractivity contribution is 0.353. The smallest absolute Gasteiger partial charge is 0.278 e. The van der Waals surface area contributed by atoms with Crippen LogP contribution in [0.15, 0.2) is 18.2 Å². The predicted octanol–water partition coefficient (Wildman–Crippen LogP) is 1.38. The molecular weight excluding hydrogens is 292 g/mol. The Kier molecular flexibility index (Phi) is 5.61. The molecule has 0 aliphatic rings. The maximum absolute atomic E-state index is 11.8. The highest BCUT2D eigenvalue weighted by Crippen LogP contribution is 2.32. The zero-order chi connectivity index (χ0) is 16.3. The molecule has 7 heteroatoms. The van der Waals surface area contributed by atoms with Gasteiger partial charge in [0.25, 0.3) is 10.2 Å². The van der Waals surface area contributed by atoms with Gasteiger partial charge in [-0.3, -0.25) is 0 Å². The Balaban J connectivity index is 2.98. The number of hydrogen-bond donors (Lipinski definition) is 1. The molecule has 120 valence electrons. The lowest BCUT2D eigenvalue weighted by atomic mass is 9.85. The lowest BCUT2D eigenvalue weighted by Gasteiger charge is -2.27. The van der Waals surface area contributed by atoms with E-state index < -0.39 is 10.2 Å². The number of nitrogens with zero attached hydrogens (tertiary/aromatic N) is 1. The monoisotopic (exact) mass is 316 g/mol. The molecule has 0 saturated heterocycles. The summed E-state index contributed by atoms with van der Waals surface area (Å²) in [5.74, 6) is 1.27. The minimum absolute atomic E-state index is 0.281. The summed E-state index contributed by atoms with van der Waals surface area (Å²) in [5, 5.41) is 0. The highest BCUT2D eigenvalue weighted by Gasteiger charge is 2.25. The molecule has 0 unspecified atom stereocenters. The Morgan fingerprint density at radius 3 is 2.19 bits per heavy atom. The molecule has 0 aromatic heterocycles. The molecule has 0 fully saturated rings. The second-order valence-corrected chi connectivity index (χ2v) is 7.53. The first kappa shape index (κ1) is 17.7. The molecule has 0 aliphatic carbocycles. The van der Waals surface area contributed by atoms with Crippen LogP contribution < -0.4 is 14.2 Å². The number of ether oxygens (including phenoxy) is 2. The molecule has 0 amide bonds. The van der Waals surface area contributed by atoms with Crippen molar-refractivity contribution in [1.82, 2.24) is 9.03 Å². The van der Waals surface area contributed by atoms with Crippen LogP contribution in [0, 0.1) is 0 Å². The third-order valence-corrected chi connectivity index (χ3v) is 4.81. The molecule has 1 aromatic carbocycles. The standard InChI is InChI=1S/C14H24N2O4S/c1-14(2,10-15-21(17,18)16(3)4)11-7-8-12(19-5)13(9-11)20-6/h7-9,15H,10H2,1-6H3. The van der Waals surface area contributed by atoms with Gasteiger partial charge >= 0.3 is 0 Å². The highest BCUT2D eigenvalue weighted by molar-refractivity contribution is 7.87. The van der Waals surface area contributed by atoms with Gasteiger partial charge in [0.1, 0.15) is 0 Å². The van der Waals surface area contributed by atoms with Gasteiger partial charge in [0, 0.05) is 26.1 Å². The summed E-state index contributed by atoms with van der Waals surface area (Å²) in [7, 11) is 2.69. The summed E-state index contributed by atoms with van der Waals surface area (Å²) in [6, 6.07) is 5.59. The average molecular weight is 316 g/mol. The quantitative estimate of drug-likeness (QED) is 0.825. The number of benzene rings is 1. The van der Waals surface area contributed by atoms with E-state index in [1.807, 2.05) is 32.0 Å². The van der Waals surface area contributed by atoms with Crippen molar-refractivity contribution >= 4 is 10.2 Å². The Morgan fingerprint density at radius 1 is 1.14 bits per heavy atom. The minimum Gasteiger partial charge on any atom is -0.493 e. The lowest BCUT2D eigenvalue weighted by Crippen LogP contribution is -2.42. The van der Waals surface area contributed by atoms with Gasteiger partial charge in [-0.25, -0.2) is 4.72 Å². The van der Waals surface area contributed by atoms with Gasteiger partial charge in [0.2, 0.25) is 0 Å². The molecule has 1 aromatic rings. The van der Waals surface area contributed by atoms with E-state index in [9.17, 15) is 8.42 Å². The summed E-state index contributed by atoms with van der Waals surface area (Å²) in [6.07, 6.45) is 0. The Morgan fingerprint density at radius 2 is 1.71 bits per heavy atom. The van der Waals surface area contributed by atoms with Gasteiger partial charge < -0.3 is 9.47 Å². The third kappa shape index (κ3) is 4.33. The van der Waals surface area contributed by atoms with Crippen molar-refractivity contribution in [2.75, 3.05) is 34.9 Å². The normalized spacial score (nSPS) is 12.5. The van der Waals surface area contributed by atoms with Crippen LogP contribution in [-0.4, -0.2) is 47.6 Å². The molecule has 21 heavy (non-hydrogen) atoms. The van der Waals surface area contributed by atoms with E-state index in [1.165, 1.54) is 14.1 Å². The van der Waals surface area contributed by atoms with E-state index in [-0.39, 0.29) is 12.0 Å². The van der Waals surface area contributed by atoms with Gasteiger partial charge in [0.15, 0.2) is 11.5 Å². The van der Waals surface area contributed by atoms with Crippen molar-refractivity contribution in [3.05, 3.63) is 23.8 Å². The second kappa shape index (κ2) is 6.64. The second-order valence-electron chi connectivity index (χ2n) is 5.56. The summed E-state index contributed by atoms with van der Waals surface area (Å²) in [6.45, 7) is 4.21. The van der Waals surface area contributed by atoms with Crippen LogP contribution in [0.1, 0.15) is 19.4 Å². The predicted molar refractivity (Wildman–Crippen MR) is 83.2 cm³/mol. The fraction of sp³-hybridized carbons (Fsp3) is 0.571. The highest BCUT2D eigenvalue weighted by atomic mass is 32.2. The molecule has 1 rings (SSSR count). The van der Waals surface area contributed by atoms with Crippen molar-refractivity contribution in [3.63, 3.8) is 0 Å². The molecule has 0 bridgehead atoms. The Hall–Kier alpha value is -1.31. The van der Waals surface area contributed by atoms with Crippen LogP contribution >= 0.6 is 0 Å². The number of rotatable bonds is 7. The van der Waals surface area contributed by atoms with E-state index in [2.05, 4.69) is 4.72 Å². The largest absolute Gasteiger partial charge is 0.493 e. The van der Waals surface area contributed by atoms with E-state index in [1.54, 1.807) is 14.2 Å². The Labute approximate surface area is 127 Å². The van der Waals surface area contributed by atoms with Crippen LogP contribution in [0.5, 0.6) is 11.5 Å². The fourth-order valence-electron chi connectivity index (χ4n) is 1.76.